The third-order valence-corrected chi connectivity index (χ3v) is 2.80. The summed E-state index contributed by atoms with van der Waals surface area (Å²) in [5.74, 6) is 0.820. The summed E-state index contributed by atoms with van der Waals surface area (Å²) in [4.78, 5) is 4.38. The first-order valence-electron chi connectivity index (χ1n) is 6.53. The fourth-order valence-electron chi connectivity index (χ4n) is 1.90. The molecule has 0 spiro atoms. The predicted molar refractivity (Wildman–Crippen MR) is 76.2 cm³/mol. The standard InChI is InChI=1S/C15H20N2O2/c1-11(2)18-7-8-19-15-12(9-16)10-17-14-6-4-3-5-13(14)15/h3-6,10-11H,7-9,16H2,1-2H3. The Kier molecular flexibility index (Phi) is 4.71. The molecule has 1 aromatic heterocycles. The minimum absolute atomic E-state index is 0.215. The van der Waals surface area contributed by atoms with Gasteiger partial charge in [0.15, 0.2) is 0 Å². The molecule has 0 amide bonds. The maximum absolute atomic E-state index is 5.85. The molecule has 0 unspecified atom stereocenters. The van der Waals surface area contributed by atoms with Crippen LogP contribution in [0.5, 0.6) is 5.75 Å². The summed E-state index contributed by atoms with van der Waals surface area (Å²) >= 11 is 0. The Morgan fingerprint density at radius 2 is 2.00 bits per heavy atom. The smallest absolute Gasteiger partial charge is 0.134 e. The molecular weight excluding hydrogens is 240 g/mol. The number of aromatic nitrogens is 1. The summed E-state index contributed by atoms with van der Waals surface area (Å²) in [5.41, 5.74) is 7.58. The minimum Gasteiger partial charge on any atom is -0.490 e. The van der Waals surface area contributed by atoms with Crippen molar-refractivity contribution < 1.29 is 9.47 Å². The van der Waals surface area contributed by atoms with Crippen molar-refractivity contribution in [2.45, 2.75) is 26.5 Å². The topological polar surface area (TPSA) is 57.4 Å². The van der Waals surface area contributed by atoms with Gasteiger partial charge in [-0.25, -0.2) is 0 Å². The summed E-state index contributed by atoms with van der Waals surface area (Å²) in [6, 6.07) is 7.90. The number of hydrogen-bond acceptors (Lipinski definition) is 4. The van der Waals surface area contributed by atoms with Crippen LogP contribution in [0.25, 0.3) is 10.9 Å². The Hall–Kier alpha value is -1.65. The van der Waals surface area contributed by atoms with Gasteiger partial charge in [-0.1, -0.05) is 12.1 Å². The number of pyridine rings is 1. The van der Waals surface area contributed by atoms with Gasteiger partial charge in [-0.15, -0.1) is 0 Å². The largest absolute Gasteiger partial charge is 0.490 e. The summed E-state index contributed by atoms with van der Waals surface area (Å²) in [7, 11) is 0. The fourth-order valence-corrected chi connectivity index (χ4v) is 1.90. The molecule has 0 fully saturated rings. The lowest BCUT2D eigenvalue weighted by Crippen LogP contribution is -2.13. The first kappa shape index (κ1) is 13.8. The second-order valence-corrected chi connectivity index (χ2v) is 4.60. The maximum Gasteiger partial charge on any atom is 0.134 e. The van der Waals surface area contributed by atoms with E-state index in [2.05, 4.69) is 4.98 Å². The van der Waals surface area contributed by atoms with Crippen molar-refractivity contribution >= 4 is 10.9 Å². The number of nitrogens with zero attached hydrogens (tertiary/aromatic N) is 1. The molecule has 102 valence electrons. The average Bonchev–Trinajstić information content (AvgIpc) is 2.43. The van der Waals surface area contributed by atoms with Gasteiger partial charge < -0.3 is 15.2 Å². The number of benzene rings is 1. The monoisotopic (exact) mass is 260 g/mol. The first-order chi connectivity index (χ1) is 9.22. The van der Waals surface area contributed by atoms with Crippen LogP contribution >= 0.6 is 0 Å². The van der Waals surface area contributed by atoms with Gasteiger partial charge in [-0.2, -0.15) is 0 Å². The molecule has 0 aliphatic heterocycles. The Labute approximate surface area is 113 Å². The van der Waals surface area contributed by atoms with E-state index in [0.29, 0.717) is 19.8 Å². The van der Waals surface area contributed by atoms with E-state index in [0.717, 1.165) is 22.2 Å². The zero-order chi connectivity index (χ0) is 13.7. The highest BCUT2D eigenvalue weighted by atomic mass is 16.5. The Bertz CT molecular complexity index is 541. The van der Waals surface area contributed by atoms with Crippen LogP contribution in [0.15, 0.2) is 30.5 Å². The quantitative estimate of drug-likeness (QED) is 0.811. The van der Waals surface area contributed by atoms with Gasteiger partial charge in [0, 0.05) is 23.7 Å². The average molecular weight is 260 g/mol. The van der Waals surface area contributed by atoms with Crippen LogP contribution in [-0.2, 0) is 11.3 Å². The number of nitrogens with two attached hydrogens (primary N) is 1. The molecule has 0 radical (unpaired) electrons. The van der Waals surface area contributed by atoms with Crippen molar-refractivity contribution in [3.63, 3.8) is 0 Å². The van der Waals surface area contributed by atoms with Crippen molar-refractivity contribution in [1.29, 1.82) is 0 Å². The van der Waals surface area contributed by atoms with Gasteiger partial charge in [0.1, 0.15) is 12.4 Å². The van der Waals surface area contributed by atoms with Crippen LogP contribution in [0.4, 0.5) is 0 Å². The highest BCUT2D eigenvalue weighted by Gasteiger charge is 2.09. The molecule has 2 rings (SSSR count). The van der Waals surface area contributed by atoms with Crippen molar-refractivity contribution in [2.75, 3.05) is 13.2 Å². The van der Waals surface area contributed by atoms with Gasteiger partial charge in [0.05, 0.1) is 18.2 Å². The van der Waals surface area contributed by atoms with Gasteiger partial charge >= 0.3 is 0 Å². The number of para-hydroxylation sites is 1. The first-order valence-corrected chi connectivity index (χ1v) is 6.53. The van der Waals surface area contributed by atoms with Crippen molar-refractivity contribution in [3.8, 4) is 5.75 Å². The molecule has 0 bridgehead atoms. The molecule has 0 atom stereocenters. The Morgan fingerprint density at radius 1 is 1.21 bits per heavy atom. The lowest BCUT2D eigenvalue weighted by molar-refractivity contribution is 0.0554. The fraction of sp³-hybridized carbons (Fsp3) is 0.400. The summed E-state index contributed by atoms with van der Waals surface area (Å²) in [6.07, 6.45) is 1.99. The van der Waals surface area contributed by atoms with Gasteiger partial charge in [-0.3, -0.25) is 4.98 Å². The normalized spacial score (nSPS) is 11.2. The number of fused-ring (bicyclic) bond motifs is 1. The van der Waals surface area contributed by atoms with Crippen molar-refractivity contribution in [2.24, 2.45) is 5.73 Å². The molecule has 0 saturated heterocycles. The third-order valence-electron chi connectivity index (χ3n) is 2.80. The molecule has 19 heavy (non-hydrogen) atoms. The maximum atomic E-state index is 5.85. The predicted octanol–water partition coefficient (Wildman–Crippen LogP) is 2.50. The lowest BCUT2D eigenvalue weighted by Gasteiger charge is -2.14. The van der Waals surface area contributed by atoms with Crippen LogP contribution in [0.2, 0.25) is 0 Å². The number of hydrogen-bond donors (Lipinski definition) is 1. The van der Waals surface area contributed by atoms with Crippen LogP contribution in [0, 0.1) is 0 Å². The molecule has 0 aliphatic rings. The molecule has 4 nitrogen and oxygen atoms in total. The van der Waals surface area contributed by atoms with E-state index in [1.807, 2.05) is 38.1 Å². The molecule has 0 aliphatic carbocycles. The van der Waals surface area contributed by atoms with Gasteiger partial charge in [-0.05, 0) is 26.0 Å². The van der Waals surface area contributed by atoms with Gasteiger partial charge in [0.2, 0.25) is 0 Å². The molecular formula is C15H20N2O2. The molecule has 1 heterocycles. The lowest BCUT2D eigenvalue weighted by atomic mass is 10.1. The van der Waals surface area contributed by atoms with Crippen LogP contribution in [0.1, 0.15) is 19.4 Å². The zero-order valence-corrected chi connectivity index (χ0v) is 11.4. The number of ether oxygens (including phenoxy) is 2. The molecule has 2 N–H and O–H groups in total. The van der Waals surface area contributed by atoms with E-state index < -0.39 is 0 Å². The molecule has 4 heteroatoms. The second-order valence-electron chi connectivity index (χ2n) is 4.60. The van der Waals surface area contributed by atoms with Gasteiger partial charge in [0.25, 0.3) is 0 Å². The highest BCUT2D eigenvalue weighted by Crippen LogP contribution is 2.27. The Balaban J connectivity index is 2.19. The summed E-state index contributed by atoms with van der Waals surface area (Å²) in [5, 5.41) is 0.995. The third kappa shape index (κ3) is 3.43. The van der Waals surface area contributed by atoms with Crippen molar-refractivity contribution in [1.82, 2.24) is 4.98 Å². The second kappa shape index (κ2) is 6.50. The van der Waals surface area contributed by atoms with E-state index in [-0.39, 0.29) is 6.10 Å². The minimum atomic E-state index is 0.215. The van der Waals surface area contributed by atoms with Crippen LogP contribution in [0.3, 0.4) is 0 Å². The number of rotatable bonds is 6. The molecule has 0 saturated carbocycles. The zero-order valence-electron chi connectivity index (χ0n) is 11.4. The van der Waals surface area contributed by atoms with E-state index in [9.17, 15) is 0 Å². The van der Waals surface area contributed by atoms with Crippen LogP contribution < -0.4 is 10.5 Å². The summed E-state index contributed by atoms with van der Waals surface area (Å²) in [6.45, 7) is 5.51. The highest BCUT2D eigenvalue weighted by molar-refractivity contribution is 5.86. The van der Waals surface area contributed by atoms with E-state index >= 15 is 0 Å². The van der Waals surface area contributed by atoms with Crippen LogP contribution in [-0.4, -0.2) is 24.3 Å². The van der Waals surface area contributed by atoms with E-state index in [1.54, 1.807) is 6.20 Å². The summed E-state index contributed by atoms with van der Waals surface area (Å²) < 4.78 is 11.3. The van der Waals surface area contributed by atoms with Crippen molar-refractivity contribution in [3.05, 3.63) is 36.0 Å². The van der Waals surface area contributed by atoms with E-state index in [4.69, 9.17) is 15.2 Å². The Morgan fingerprint density at radius 3 is 2.74 bits per heavy atom. The molecule has 1 aromatic carbocycles. The molecule has 2 aromatic rings. The SMILES string of the molecule is CC(C)OCCOc1c(CN)cnc2ccccc12. The van der Waals surface area contributed by atoms with E-state index in [1.165, 1.54) is 0 Å².